The van der Waals surface area contributed by atoms with Crippen LogP contribution < -0.4 is 0 Å². The lowest BCUT2D eigenvalue weighted by molar-refractivity contribution is -0.0287. The summed E-state index contributed by atoms with van der Waals surface area (Å²) in [5.41, 5.74) is 0. The van der Waals surface area contributed by atoms with Crippen LogP contribution in [0.4, 0.5) is 0 Å². The minimum Gasteiger partial charge on any atom is -0.394 e. The van der Waals surface area contributed by atoms with Crippen LogP contribution in [0.2, 0.25) is 0 Å². The molecule has 0 radical (unpaired) electrons. The van der Waals surface area contributed by atoms with Crippen LogP contribution in [-0.2, 0) is 14.2 Å². The Balaban J connectivity index is 3.30. The van der Waals surface area contributed by atoms with Crippen molar-refractivity contribution in [1.82, 2.24) is 0 Å². The van der Waals surface area contributed by atoms with E-state index in [1.54, 1.807) is 0 Å². The lowest BCUT2D eigenvalue weighted by Gasteiger charge is -2.14. The molecule has 2 unspecified atom stereocenters. The summed E-state index contributed by atoms with van der Waals surface area (Å²) < 4.78 is 15.2. The molecule has 0 saturated heterocycles. The van der Waals surface area contributed by atoms with E-state index in [0.29, 0.717) is 26.1 Å². The minimum absolute atomic E-state index is 0.0306. The zero-order chi connectivity index (χ0) is 14.3. The first kappa shape index (κ1) is 18.7. The molecule has 7 nitrogen and oxygen atoms in total. The van der Waals surface area contributed by atoms with E-state index in [2.05, 4.69) is 0 Å². The Morgan fingerprint density at radius 2 is 1.05 bits per heavy atom. The van der Waals surface area contributed by atoms with Gasteiger partial charge in [0.1, 0.15) is 0 Å². The normalized spacial score (nSPS) is 14.5. The highest BCUT2D eigenvalue weighted by Gasteiger charge is 2.08. The molecule has 2 atom stereocenters. The Labute approximate surface area is 113 Å². The Bertz CT molecular complexity index is 161. The predicted octanol–water partition coefficient (Wildman–Crippen LogP) is -1.48. The molecule has 0 aromatic carbocycles. The molecule has 0 heterocycles. The van der Waals surface area contributed by atoms with Gasteiger partial charge in [-0.1, -0.05) is 0 Å². The zero-order valence-electron chi connectivity index (χ0n) is 11.2. The zero-order valence-corrected chi connectivity index (χ0v) is 11.2. The highest BCUT2D eigenvalue weighted by atomic mass is 16.5. The lowest BCUT2D eigenvalue weighted by atomic mass is 10.2. The van der Waals surface area contributed by atoms with Gasteiger partial charge >= 0.3 is 0 Å². The topological polar surface area (TPSA) is 109 Å². The highest BCUT2D eigenvalue weighted by Crippen LogP contribution is 1.98. The summed E-state index contributed by atoms with van der Waals surface area (Å²) in [6, 6.07) is 0. The second-order valence-electron chi connectivity index (χ2n) is 4.09. The van der Waals surface area contributed by atoms with Crippen LogP contribution in [0.25, 0.3) is 0 Å². The van der Waals surface area contributed by atoms with Crippen molar-refractivity contribution >= 4 is 0 Å². The van der Waals surface area contributed by atoms with Crippen LogP contribution in [0.5, 0.6) is 0 Å². The number of aliphatic hydroxyl groups excluding tert-OH is 4. The third-order valence-electron chi connectivity index (χ3n) is 2.28. The second-order valence-corrected chi connectivity index (χ2v) is 4.09. The van der Waals surface area contributed by atoms with E-state index < -0.39 is 12.2 Å². The van der Waals surface area contributed by atoms with Gasteiger partial charge in [-0.15, -0.1) is 0 Å². The summed E-state index contributed by atoms with van der Waals surface area (Å²) in [4.78, 5) is 0. The van der Waals surface area contributed by atoms with Crippen molar-refractivity contribution in [3.8, 4) is 0 Å². The molecule has 0 rings (SSSR count). The Morgan fingerprint density at radius 3 is 1.42 bits per heavy atom. The first-order valence-corrected chi connectivity index (χ1v) is 6.51. The van der Waals surface area contributed by atoms with Gasteiger partial charge in [-0.25, -0.2) is 0 Å². The van der Waals surface area contributed by atoms with E-state index in [4.69, 9.17) is 24.4 Å². The molecule has 0 bridgehead atoms. The van der Waals surface area contributed by atoms with Gasteiger partial charge in [0.05, 0.1) is 51.8 Å². The standard InChI is InChI=1S/C12H26O7/c13-3-7-17-5-1-11(15)9-19-10-12(16)2-6-18-8-4-14/h11-16H,1-10H2. The number of rotatable bonds is 14. The molecule has 0 aliphatic rings. The van der Waals surface area contributed by atoms with Crippen LogP contribution in [0.15, 0.2) is 0 Å². The average molecular weight is 282 g/mol. The number of hydrogen-bond donors (Lipinski definition) is 4. The van der Waals surface area contributed by atoms with Crippen molar-refractivity contribution in [2.75, 3.05) is 52.9 Å². The van der Waals surface area contributed by atoms with Crippen molar-refractivity contribution in [1.29, 1.82) is 0 Å². The van der Waals surface area contributed by atoms with Crippen molar-refractivity contribution in [2.45, 2.75) is 25.0 Å². The Kier molecular flexibility index (Phi) is 13.9. The number of hydrogen-bond acceptors (Lipinski definition) is 7. The van der Waals surface area contributed by atoms with E-state index in [1.807, 2.05) is 0 Å². The average Bonchev–Trinajstić information content (AvgIpc) is 2.40. The molecule has 116 valence electrons. The van der Waals surface area contributed by atoms with E-state index in [0.717, 1.165) is 0 Å². The SMILES string of the molecule is OCCOCCC(O)COCC(O)CCOCCO. The van der Waals surface area contributed by atoms with E-state index in [-0.39, 0.29) is 39.6 Å². The van der Waals surface area contributed by atoms with Crippen molar-refractivity contribution < 1.29 is 34.6 Å². The van der Waals surface area contributed by atoms with Crippen molar-refractivity contribution in [3.63, 3.8) is 0 Å². The first-order valence-electron chi connectivity index (χ1n) is 6.51. The molecule has 0 fully saturated rings. The molecule has 0 aliphatic carbocycles. The summed E-state index contributed by atoms with van der Waals surface area (Å²) in [7, 11) is 0. The third-order valence-corrected chi connectivity index (χ3v) is 2.28. The summed E-state index contributed by atoms with van der Waals surface area (Å²) in [6.45, 7) is 1.47. The van der Waals surface area contributed by atoms with Gasteiger partial charge < -0.3 is 34.6 Å². The van der Waals surface area contributed by atoms with Crippen LogP contribution in [0, 0.1) is 0 Å². The Hall–Kier alpha value is -0.280. The van der Waals surface area contributed by atoms with E-state index >= 15 is 0 Å². The largest absolute Gasteiger partial charge is 0.394 e. The van der Waals surface area contributed by atoms with Crippen LogP contribution >= 0.6 is 0 Å². The molecular weight excluding hydrogens is 256 g/mol. The maximum Gasteiger partial charge on any atom is 0.0795 e. The maximum absolute atomic E-state index is 9.51. The molecule has 0 saturated carbocycles. The molecule has 7 heteroatoms. The second kappa shape index (κ2) is 14.1. The Morgan fingerprint density at radius 1 is 0.632 bits per heavy atom. The maximum atomic E-state index is 9.51. The quantitative estimate of drug-likeness (QED) is 0.288. The fourth-order valence-electron chi connectivity index (χ4n) is 1.28. The molecule has 0 amide bonds. The molecule has 0 aromatic rings. The number of aliphatic hydroxyl groups is 4. The van der Waals surface area contributed by atoms with Crippen LogP contribution in [0.3, 0.4) is 0 Å². The monoisotopic (exact) mass is 282 g/mol. The highest BCUT2D eigenvalue weighted by molar-refractivity contribution is 4.57. The predicted molar refractivity (Wildman–Crippen MR) is 67.9 cm³/mol. The third kappa shape index (κ3) is 13.9. The molecule has 19 heavy (non-hydrogen) atoms. The van der Waals surface area contributed by atoms with Gasteiger partial charge in [0, 0.05) is 13.2 Å². The summed E-state index contributed by atoms with van der Waals surface area (Å²) in [5.74, 6) is 0. The van der Waals surface area contributed by atoms with Crippen LogP contribution in [-0.4, -0.2) is 85.5 Å². The molecular formula is C12H26O7. The molecule has 0 aliphatic heterocycles. The molecule has 4 N–H and O–H groups in total. The smallest absolute Gasteiger partial charge is 0.0795 e. The van der Waals surface area contributed by atoms with Gasteiger partial charge in [-0.3, -0.25) is 0 Å². The molecule has 0 aromatic heterocycles. The summed E-state index contributed by atoms with van der Waals surface area (Å²) in [6.07, 6.45) is -0.432. The van der Waals surface area contributed by atoms with Crippen molar-refractivity contribution in [3.05, 3.63) is 0 Å². The van der Waals surface area contributed by atoms with Gasteiger partial charge in [0.2, 0.25) is 0 Å². The molecule has 0 spiro atoms. The van der Waals surface area contributed by atoms with Gasteiger partial charge in [0.25, 0.3) is 0 Å². The first-order chi connectivity index (χ1) is 9.20. The minimum atomic E-state index is -0.642. The van der Waals surface area contributed by atoms with E-state index in [1.165, 1.54) is 0 Å². The summed E-state index contributed by atoms with van der Waals surface area (Å²) >= 11 is 0. The summed E-state index contributed by atoms with van der Waals surface area (Å²) in [5, 5.41) is 36.0. The number of ether oxygens (including phenoxy) is 3. The van der Waals surface area contributed by atoms with Crippen LogP contribution in [0.1, 0.15) is 12.8 Å². The van der Waals surface area contributed by atoms with Gasteiger partial charge in [-0.05, 0) is 12.8 Å². The van der Waals surface area contributed by atoms with Crippen molar-refractivity contribution in [2.24, 2.45) is 0 Å². The fraction of sp³-hybridized carbons (Fsp3) is 1.00. The van der Waals surface area contributed by atoms with Gasteiger partial charge in [0.15, 0.2) is 0 Å². The lowest BCUT2D eigenvalue weighted by Crippen LogP contribution is -2.23. The fourth-order valence-corrected chi connectivity index (χ4v) is 1.28. The van der Waals surface area contributed by atoms with Gasteiger partial charge in [-0.2, -0.15) is 0 Å². The van der Waals surface area contributed by atoms with E-state index in [9.17, 15) is 10.2 Å².